The molecule has 2 aromatic heterocycles. The van der Waals surface area contributed by atoms with Crippen LogP contribution in [0.25, 0.3) is 34.2 Å². The molecule has 33 heavy (non-hydrogen) atoms. The van der Waals surface area contributed by atoms with Gasteiger partial charge in [-0.05, 0) is 43.2 Å². The molecule has 0 bridgehead atoms. The fraction of sp³-hybridized carbons (Fsp3) is 0.192. The highest BCUT2D eigenvalue weighted by molar-refractivity contribution is 6.02. The number of para-hydroxylation sites is 2. The summed E-state index contributed by atoms with van der Waals surface area (Å²) in [5.41, 5.74) is 2.76. The highest BCUT2D eigenvalue weighted by atomic mass is 16.5. The Kier molecular flexibility index (Phi) is 5.75. The molecule has 0 spiro atoms. The summed E-state index contributed by atoms with van der Waals surface area (Å²) in [6.45, 7) is 1.10. The third-order valence-electron chi connectivity index (χ3n) is 5.60. The quantitative estimate of drug-likeness (QED) is 0.354. The fourth-order valence-corrected chi connectivity index (χ4v) is 3.91. The van der Waals surface area contributed by atoms with Gasteiger partial charge >= 0.3 is 0 Å². The number of carbonyl (C=O) groups excluding carboxylic acids is 1. The number of nitriles is 1. The molecule has 0 aliphatic carbocycles. The van der Waals surface area contributed by atoms with Gasteiger partial charge in [-0.3, -0.25) is 4.79 Å². The van der Waals surface area contributed by atoms with Crippen LogP contribution in [0, 0.1) is 11.3 Å². The molecule has 1 amide bonds. The highest BCUT2D eigenvalue weighted by Gasteiger charge is 2.20. The van der Waals surface area contributed by atoms with Crippen LogP contribution < -0.4 is 5.32 Å². The first-order chi connectivity index (χ1) is 16.2. The predicted molar refractivity (Wildman–Crippen MR) is 124 cm³/mol. The Morgan fingerprint density at radius 2 is 2.03 bits per heavy atom. The number of nitrogens with one attached hydrogen (secondary N) is 1. The van der Waals surface area contributed by atoms with E-state index in [4.69, 9.17) is 14.3 Å². The second-order valence-corrected chi connectivity index (χ2v) is 7.88. The summed E-state index contributed by atoms with van der Waals surface area (Å²) in [5.74, 6) is 0.130. The number of hydrogen-bond acceptors (Lipinski definition) is 5. The van der Waals surface area contributed by atoms with Gasteiger partial charge in [-0.25, -0.2) is 4.68 Å². The molecule has 4 aromatic rings. The Bertz CT molecular complexity index is 1320. The van der Waals surface area contributed by atoms with E-state index in [-0.39, 0.29) is 11.7 Å². The molecule has 1 atom stereocenters. The molecule has 1 N–H and O–H groups in total. The van der Waals surface area contributed by atoms with Crippen molar-refractivity contribution in [3.63, 3.8) is 0 Å². The van der Waals surface area contributed by atoms with Gasteiger partial charge in [-0.15, -0.1) is 0 Å². The molecular formula is C26H22N4O3. The molecular weight excluding hydrogens is 416 g/mol. The molecule has 5 rings (SSSR count). The number of furan rings is 1. The van der Waals surface area contributed by atoms with Crippen molar-refractivity contribution in [3.8, 4) is 23.2 Å². The van der Waals surface area contributed by atoms with Crippen molar-refractivity contribution in [2.75, 3.05) is 13.2 Å². The van der Waals surface area contributed by atoms with Crippen molar-refractivity contribution in [1.82, 2.24) is 15.1 Å². The second kappa shape index (κ2) is 9.15. The molecule has 0 radical (unpaired) electrons. The van der Waals surface area contributed by atoms with Crippen LogP contribution in [-0.2, 0) is 9.53 Å². The molecule has 1 saturated heterocycles. The first kappa shape index (κ1) is 20.7. The maximum atomic E-state index is 12.7. The Morgan fingerprint density at radius 1 is 1.21 bits per heavy atom. The van der Waals surface area contributed by atoms with Crippen molar-refractivity contribution in [2.24, 2.45) is 0 Å². The lowest BCUT2D eigenvalue weighted by Gasteiger charge is -2.10. The molecule has 1 fully saturated rings. The van der Waals surface area contributed by atoms with Crippen molar-refractivity contribution in [1.29, 1.82) is 5.26 Å². The van der Waals surface area contributed by atoms with E-state index < -0.39 is 5.91 Å². The van der Waals surface area contributed by atoms with Gasteiger partial charge in [0.05, 0.1) is 11.8 Å². The third kappa shape index (κ3) is 4.43. The minimum atomic E-state index is -0.434. The lowest BCUT2D eigenvalue weighted by Crippen LogP contribution is -2.32. The molecule has 7 nitrogen and oxygen atoms in total. The van der Waals surface area contributed by atoms with Gasteiger partial charge in [-0.2, -0.15) is 10.4 Å². The Hall–Kier alpha value is -4.15. The summed E-state index contributed by atoms with van der Waals surface area (Å²) in [6.07, 6.45) is 5.25. The maximum Gasteiger partial charge on any atom is 0.262 e. The first-order valence-electron chi connectivity index (χ1n) is 10.9. The van der Waals surface area contributed by atoms with Crippen molar-refractivity contribution >= 4 is 23.0 Å². The molecule has 1 aliphatic heterocycles. The van der Waals surface area contributed by atoms with Gasteiger partial charge in [0.15, 0.2) is 5.76 Å². The number of aromatic nitrogens is 2. The topological polar surface area (TPSA) is 93.1 Å². The zero-order valence-electron chi connectivity index (χ0n) is 17.9. The van der Waals surface area contributed by atoms with E-state index in [1.54, 1.807) is 17.0 Å². The number of amides is 1. The average molecular weight is 438 g/mol. The third-order valence-corrected chi connectivity index (χ3v) is 5.60. The maximum absolute atomic E-state index is 12.7. The summed E-state index contributed by atoms with van der Waals surface area (Å²) in [4.78, 5) is 12.7. The van der Waals surface area contributed by atoms with Gasteiger partial charge in [0, 0.05) is 30.3 Å². The number of ether oxygens (including phenoxy) is 1. The molecule has 0 saturated carbocycles. The van der Waals surface area contributed by atoms with Gasteiger partial charge in [0.2, 0.25) is 0 Å². The zero-order chi connectivity index (χ0) is 22.6. The summed E-state index contributed by atoms with van der Waals surface area (Å²) < 4.78 is 13.3. The van der Waals surface area contributed by atoms with Gasteiger partial charge in [0.25, 0.3) is 5.91 Å². The van der Waals surface area contributed by atoms with E-state index in [2.05, 4.69) is 5.32 Å². The van der Waals surface area contributed by atoms with Crippen LogP contribution >= 0.6 is 0 Å². The van der Waals surface area contributed by atoms with E-state index in [0.717, 1.165) is 29.5 Å². The van der Waals surface area contributed by atoms with Crippen LogP contribution in [0.5, 0.6) is 0 Å². The Balaban J connectivity index is 1.52. The molecule has 3 heterocycles. The summed E-state index contributed by atoms with van der Waals surface area (Å²) in [5, 5.41) is 18.2. The van der Waals surface area contributed by atoms with Gasteiger partial charge in [-0.1, -0.05) is 36.4 Å². The zero-order valence-corrected chi connectivity index (χ0v) is 17.9. The molecule has 1 unspecified atom stereocenters. The SMILES string of the molecule is N#C/C(=C/c1cn(-c2ccccc2)nc1-c1cc2ccccc2o1)C(=O)NCC1CCCO1. The Labute approximate surface area is 190 Å². The first-order valence-corrected chi connectivity index (χ1v) is 10.9. The smallest absolute Gasteiger partial charge is 0.262 e. The number of carbonyl (C=O) groups is 1. The largest absolute Gasteiger partial charge is 0.454 e. The normalized spacial score (nSPS) is 16.1. The number of fused-ring (bicyclic) bond motifs is 1. The molecule has 164 valence electrons. The van der Waals surface area contributed by atoms with E-state index in [9.17, 15) is 10.1 Å². The van der Waals surface area contributed by atoms with Crippen molar-refractivity contribution < 1.29 is 13.9 Å². The van der Waals surface area contributed by atoms with E-state index in [0.29, 0.717) is 30.2 Å². The van der Waals surface area contributed by atoms with Gasteiger partial charge in [0.1, 0.15) is 22.9 Å². The molecule has 1 aliphatic rings. The van der Waals surface area contributed by atoms with Crippen LogP contribution in [0.15, 0.2) is 76.9 Å². The minimum Gasteiger partial charge on any atom is -0.454 e. The van der Waals surface area contributed by atoms with Crippen LogP contribution in [0.2, 0.25) is 0 Å². The number of benzene rings is 2. The summed E-state index contributed by atoms with van der Waals surface area (Å²) in [6, 6.07) is 21.3. The lowest BCUT2D eigenvalue weighted by molar-refractivity contribution is -0.117. The monoisotopic (exact) mass is 438 g/mol. The van der Waals surface area contributed by atoms with Crippen molar-refractivity contribution in [2.45, 2.75) is 18.9 Å². The van der Waals surface area contributed by atoms with E-state index in [1.807, 2.05) is 66.7 Å². The standard InChI is InChI=1S/C26H22N4O3/c27-15-19(26(31)28-16-22-10-6-12-32-22)13-20-17-30(21-8-2-1-3-9-21)29-25(20)24-14-18-7-4-5-11-23(18)33-24/h1-5,7-9,11,13-14,17,22H,6,10,12,16H2,(H,28,31)/b19-13-. The van der Waals surface area contributed by atoms with Crippen LogP contribution in [0.1, 0.15) is 18.4 Å². The van der Waals surface area contributed by atoms with Crippen LogP contribution in [-0.4, -0.2) is 34.9 Å². The summed E-state index contributed by atoms with van der Waals surface area (Å²) >= 11 is 0. The van der Waals surface area contributed by atoms with Gasteiger partial charge < -0.3 is 14.5 Å². The molecule has 2 aromatic carbocycles. The van der Waals surface area contributed by atoms with Crippen LogP contribution in [0.4, 0.5) is 0 Å². The number of hydrogen-bond donors (Lipinski definition) is 1. The number of nitrogens with zero attached hydrogens (tertiary/aromatic N) is 3. The predicted octanol–water partition coefficient (Wildman–Crippen LogP) is 4.49. The second-order valence-electron chi connectivity index (χ2n) is 7.88. The lowest BCUT2D eigenvalue weighted by atomic mass is 10.1. The summed E-state index contributed by atoms with van der Waals surface area (Å²) in [7, 11) is 0. The Morgan fingerprint density at radius 3 is 2.79 bits per heavy atom. The van der Waals surface area contributed by atoms with Crippen molar-refractivity contribution in [3.05, 3.63) is 78.0 Å². The average Bonchev–Trinajstić information content (AvgIpc) is 3.60. The van der Waals surface area contributed by atoms with E-state index in [1.165, 1.54) is 0 Å². The number of rotatable bonds is 6. The minimum absolute atomic E-state index is 0.000771. The van der Waals surface area contributed by atoms with Crippen LogP contribution in [0.3, 0.4) is 0 Å². The highest BCUT2D eigenvalue weighted by Crippen LogP contribution is 2.31. The van der Waals surface area contributed by atoms with E-state index >= 15 is 0 Å². The molecule has 7 heteroatoms. The fourth-order valence-electron chi connectivity index (χ4n) is 3.91.